The van der Waals surface area contributed by atoms with Crippen LogP contribution in [0, 0.1) is 40.9 Å². The Morgan fingerprint density at radius 3 is 2.62 bits per heavy atom. The zero-order valence-electron chi connectivity index (χ0n) is 16.0. The van der Waals surface area contributed by atoms with Crippen molar-refractivity contribution in [2.24, 2.45) is 40.9 Å². The Kier molecular flexibility index (Phi) is 4.70. The summed E-state index contributed by atoms with van der Waals surface area (Å²) in [5.41, 5.74) is 0.406. The first-order chi connectivity index (χ1) is 13.9. The van der Waals surface area contributed by atoms with E-state index in [9.17, 15) is 19.1 Å². The van der Waals surface area contributed by atoms with Gasteiger partial charge < -0.3 is 15.7 Å². The molecular formula is C21H25BrFN3O3. The molecule has 156 valence electrons. The minimum Gasteiger partial charge on any atom is -0.481 e. The summed E-state index contributed by atoms with van der Waals surface area (Å²) < 4.78 is 15.3. The highest BCUT2D eigenvalue weighted by atomic mass is 79.9. The highest BCUT2D eigenvalue weighted by Gasteiger charge is 2.77. The SMILES string of the molecule is O=C(O)[C@H]1[C@H](C(=O)Nc2ccc(Br)nc2)[C@@H]2CC[C@H]1C21CC1[C@@H]1CCNC[C@H]1F. The lowest BCUT2D eigenvalue weighted by molar-refractivity contribution is -0.148. The summed E-state index contributed by atoms with van der Waals surface area (Å²) in [5, 5.41) is 16.0. The summed E-state index contributed by atoms with van der Waals surface area (Å²) in [5.74, 6) is -2.14. The Hall–Kier alpha value is -1.54. The smallest absolute Gasteiger partial charge is 0.307 e. The van der Waals surface area contributed by atoms with Crippen LogP contribution in [-0.2, 0) is 9.59 Å². The summed E-state index contributed by atoms with van der Waals surface area (Å²) in [6.45, 7) is 1.20. The molecule has 3 aliphatic carbocycles. The van der Waals surface area contributed by atoms with E-state index in [1.165, 1.54) is 0 Å². The standard InChI is InChI=1S/C21H25BrFN3O3/c22-16-4-1-10(8-25-16)26-19(27)17-12-2-3-13(18(17)20(28)29)21(12)7-14(21)11-5-6-24-9-15(11)23/h1,4,8,11-15,17-18,24H,2-3,5-7,9H2,(H,26,27)(H,28,29)/t11-,12-,13+,14?,15+,17+,18+,21?/m0/s1. The van der Waals surface area contributed by atoms with Gasteiger partial charge in [-0.05, 0) is 89.4 Å². The molecule has 4 aliphatic rings. The van der Waals surface area contributed by atoms with E-state index in [1.54, 1.807) is 18.3 Å². The van der Waals surface area contributed by atoms with E-state index in [0.29, 0.717) is 16.8 Å². The number of nitrogens with zero attached hydrogens (tertiary/aromatic N) is 1. The van der Waals surface area contributed by atoms with Gasteiger partial charge in [-0.25, -0.2) is 9.37 Å². The van der Waals surface area contributed by atoms with Crippen LogP contribution in [0.2, 0.25) is 0 Å². The van der Waals surface area contributed by atoms with E-state index < -0.39 is 24.0 Å². The van der Waals surface area contributed by atoms with E-state index in [2.05, 4.69) is 31.5 Å². The molecule has 3 N–H and O–H groups in total. The zero-order valence-corrected chi connectivity index (χ0v) is 17.6. The number of carbonyl (C=O) groups is 2. The number of nitrogens with one attached hydrogen (secondary N) is 2. The van der Waals surface area contributed by atoms with Gasteiger partial charge in [0.25, 0.3) is 0 Å². The number of aliphatic carboxylic acids is 1. The lowest BCUT2D eigenvalue weighted by Crippen LogP contribution is -2.40. The maximum atomic E-state index is 14.6. The highest BCUT2D eigenvalue weighted by molar-refractivity contribution is 9.10. The number of hydrogen-bond donors (Lipinski definition) is 3. The Labute approximate surface area is 177 Å². The fourth-order valence-electron chi connectivity index (χ4n) is 7.07. The molecule has 0 radical (unpaired) electrons. The zero-order chi connectivity index (χ0) is 20.3. The lowest BCUT2D eigenvalue weighted by atomic mass is 9.78. The van der Waals surface area contributed by atoms with Crippen molar-refractivity contribution in [2.45, 2.75) is 31.9 Å². The van der Waals surface area contributed by atoms with Gasteiger partial charge in [0.05, 0.1) is 23.7 Å². The maximum Gasteiger partial charge on any atom is 0.307 e. The lowest BCUT2D eigenvalue weighted by Gasteiger charge is -2.30. The number of piperidine rings is 1. The molecule has 1 aliphatic heterocycles. The molecule has 6 nitrogen and oxygen atoms in total. The minimum atomic E-state index is -0.890. The van der Waals surface area contributed by atoms with E-state index in [4.69, 9.17) is 0 Å². The van der Waals surface area contributed by atoms with Gasteiger partial charge in [0.1, 0.15) is 10.8 Å². The van der Waals surface area contributed by atoms with E-state index >= 15 is 0 Å². The highest BCUT2D eigenvalue weighted by Crippen LogP contribution is 2.79. The number of aromatic nitrogens is 1. The first kappa shape index (κ1) is 19.4. The summed E-state index contributed by atoms with van der Waals surface area (Å²) >= 11 is 3.27. The number of anilines is 1. The monoisotopic (exact) mass is 465 g/mol. The second-order valence-corrected chi connectivity index (χ2v) is 9.95. The van der Waals surface area contributed by atoms with E-state index in [-0.39, 0.29) is 35.0 Å². The number of hydrogen-bond acceptors (Lipinski definition) is 4. The summed E-state index contributed by atoms with van der Waals surface area (Å²) in [6, 6.07) is 3.48. The fourth-order valence-corrected chi connectivity index (χ4v) is 7.30. The van der Waals surface area contributed by atoms with Gasteiger partial charge in [-0.15, -0.1) is 0 Å². The van der Waals surface area contributed by atoms with Crippen LogP contribution in [0.5, 0.6) is 0 Å². The van der Waals surface area contributed by atoms with E-state index in [1.807, 2.05) is 0 Å². The van der Waals surface area contributed by atoms with Crippen molar-refractivity contribution in [3.8, 4) is 0 Å². The molecule has 2 unspecified atom stereocenters. The third kappa shape index (κ3) is 2.93. The summed E-state index contributed by atoms with van der Waals surface area (Å²) in [4.78, 5) is 29.5. The molecule has 3 saturated carbocycles. The molecule has 0 aromatic carbocycles. The Morgan fingerprint density at radius 1 is 1.21 bits per heavy atom. The van der Waals surface area contributed by atoms with Crippen molar-refractivity contribution >= 4 is 33.5 Å². The first-order valence-electron chi connectivity index (χ1n) is 10.4. The first-order valence-corrected chi connectivity index (χ1v) is 11.2. The number of carboxylic acid groups (broad SMARTS) is 1. The number of pyridine rings is 1. The molecule has 1 saturated heterocycles. The summed E-state index contributed by atoms with van der Waals surface area (Å²) in [6.07, 6.45) is 4.06. The second-order valence-electron chi connectivity index (χ2n) is 9.13. The molecule has 8 heteroatoms. The molecule has 2 heterocycles. The van der Waals surface area contributed by atoms with Crippen LogP contribution in [0.4, 0.5) is 10.1 Å². The molecule has 1 aromatic rings. The van der Waals surface area contributed by atoms with Crippen LogP contribution < -0.4 is 10.6 Å². The maximum absolute atomic E-state index is 14.6. The number of carbonyl (C=O) groups excluding carboxylic acids is 1. The third-order valence-corrected chi connectivity index (χ3v) is 8.55. The third-order valence-electron chi connectivity index (χ3n) is 8.08. The Morgan fingerprint density at radius 2 is 1.97 bits per heavy atom. The van der Waals surface area contributed by atoms with Crippen LogP contribution in [0.15, 0.2) is 22.9 Å². The number of halogens is 2. The van der Waals surface area contributed by atoms with Crippen molar-refractivity contribution in [3.63, 3.8) is 0 Å². The van der Waals surface area contributed by atoms with Crippen molar-refractivity contribution in [1.29, 1.82) is 0 Å². The molecule has 1 spiro atoms. The van der Waals surface area contributed by atoms with Gasteiger partial charge >= 0.3 is 5.97 Å². The van der Waals surface area contributed by atoms with Crippen molar-refractivity contribution < 1.29 is 19.1 Å². The molecule has 1 aromatic heterocycles. The average Bonchev–Trinajstić information content (AvgIpc) is 3.26. The molecule has 1 amide bonds. The molecule has 2 bridgehead atoms. The molecule has 29 heavy (non-hydrogen) atoms. The predicted molar refractivity (Wildman–Crippen MR) is 108 cm³/mol. The largest absolute Gasteiger partial charge is 0.481 e. The van der Waals surface area contributed by atoms with Gasteiger partial charge in [-0.3, -0.25) is 9.59 Å². The topological polar surface area (TPSA) is 91.3 Å². The minimum absolute atomic E-state index is 0.00807. The van der Waals surface area contributed by atoms with Gasteiger partial charge in [0.15, 0.2) is 0 Å². The van der Waals surface area contributed by atoms with Crippen LogP contribution in [0.1, 0.15) is 25.7 Å². The van der Waals surface area contributed by atoms with Crippen LogP contribution in [-0.4, -0.2) is 41.2 Å². The van der Waals surface area contributed by atoms with Crippen molar-refractivity contribution in [1.82, 2.24) is 10.3 Å². The van der Waals surface area contributed by atoms with Crippen molar-refractivity contribution in [2.75, 3.05) is 18.4 Å². The van der Waals surface area contributed by atoms with Gasteiger partial charge in [-0.1, -0.05) is 0 Å². The number of rotatable bonds is 4. The molecule has 4 fully saturated rings. The normalized spacial score (nSPS) is 42.8. The second kappa shape index (κ2) is 7.01. The molecule has 8 atom stereocenters. The average molecular weight is 466 g/mol. The number of amides is 1. The number of alkyl halides is 1. The van der Waals surface area contributed by atoms with Crippen LogP contribution in [0.25, 0.3) is 0 Å². The van der Waals surface area contributed by atoms with Gasteiger partial charge in [0, 0.05) is 6.54 Å². The number of carboxylic acids is 1. The van der Waals surface area contributed by atoms with Gasteiger partial charge in [0.2, 0.25) is 5.91 Å². The van der Waals surface area contributed by atoms with Crippen LogP contribution in [0.3, 0.4) is 0 Å². The Bertz CT molecular complexity index is 837. The van der Waals surface area contributed by atoms with Gasteiger partial charge in [-0.2, -0.15) is 0 Å². The van der Waals surface area contributed by atoms with E-state index in [0.717, 1.165) is 32.2 Å². The Balaban J connectivity index is 1.40. The quantitative estimate of drug-likeness (QED) is 0.594. The molecule has 5 rings (SSSR count). The van der Waals surface area contributed by atoms with Crippen molar-refractivity contribution in [3.05, 3.63) is 22.9 Å². The summed E-state index contributed by atoms with van der Waals surface area (Å²) in [7, 11) is 0. The molecular weight excluding hydrogens is 441 g/mol. The fraction of sp³-hybridized carbons (Fsp3) is 0.667. The predicted octanol–water partition coefficient (Wildman–Crippen LogP) is 3.09. The van der Waals surface area contributed by atoms with Crippen LogP contribution >= 0.6 is 15.9 Å².